The van der Waals surface area contributed by atoms with E-state index in [1.54, 1.807) is 11.3 Å². The van der Waals surface area contributed by atoms with Crippen molar-refractivity contribution in [2.75, 3.05) is 13.2 Å². The Labute approximate surface area is 129 Å². The number of thiophene rings is 1. The highest BCUT2D eigenvalue weighted by molar-refractivity contribution is 7.16. The van der Waals surface area contributed by atoms with Crippen LogP contribution >= 0.6 is 22.9 Å². The third-order valence-electron chi connectivity index (χ3n) is 5.03. The van der Waals surface area contributed by atoms with Crippen LogP contribution in [0.2, 0.25) is 4.34 Å². The summed E-state index contributed by atoms with van der Waals surface area (Å²) in [7, 11) is 0. The maximum absolute atomic E-state index is 6.16. The molecule has 2 saturated carbocycles. The predicted molar refractivity (Wildman–Crippen MR) is 83.6 cm³/mol. The molecule has 0 spiro atoms. The molecule has 1 saturated heterocycles. The zero-order chi connectivity index (χ0) is 13.6. The highest BCUT2D eigenvalue weighted by atomic mass is 35.5. The molecule has 4 heteroatoms. The Balaban J connectivity index is 1.53. The van der Waals surface area contributed by atoms with Crippen molar-refractivity contribution in [3.05, 3.63) is 21.3 Å². The summed E-state index contributed by atoms with van der Waals surface area (Å²) in [6.07, 6.45) is 8.23. The number of hydrogen-bond acceptors (Lipinski definition) is 3. The Hall–Kier alpha value is -0.0900. The van der Waals surface area contributed by atoms with Gasteiger partial charge in [-0.25, -0.2) is 0 Å². The second kappa shape index (κ2) is 5.28. The number of rotatable bonds is 6. The largest absolute Gasteiger partial charge is 0.377 e. The van der Waals surface area contributed by atoms with Gasteiger partial charge in [0.05, 0.1) is 10.4 Å². The van der Waals surface area contributed by atoms with Gasteiger partial charge in [0.2, 0.25) is 0 Å². The quantitative estimate of drug-likeness (QED) is 0.861. The van der Waals surface area contributed by atoms with Gasteiger partial charge in [-0.05, 0) is 56.6 Å². The van der Waals surface area contributed by atoms with Crippen molar-refractivity contribution in [2.45, 2.75) is 50.7 Å². The van der Waals surface area contributed by atoms with E-state index in [1.807, 2.05) is 6.07 Å². The fourth-order valence-electron chi connectivity index (χ4n) is 3.61. The Morgan fingerprint density at radius 3 is 2.80 bits per heavy atom. The summed E-state index contributed by atoms with van der Waals surface area (Å²) in [5.74, 6) is 0.814. The monoisotopic (exact) mass is 311 g/mol. The molecule has 3 fully saturated rings. The van der Waals surface area contributed by atoms with E-state index in [0.29, 0.717) is 11.5 Å². The standard InChI is InChI=1S/C16H22ClNOS/c17-14-6-5-13(20-14)9-16(10-18-12-3-4-12)7-8-19-15(16)11-1-2-11/h5-6,11-12,15,18H,1-4,7-10H2. The van der Waals surface area contributed by atoms with E-state index < -0.39 is 0 Å². The maximum Gasteiger partial charge on any atom is 0.0931 e. The van der Waals surface area contributed by atoms with Crippen molar-refractivity contribution in [2.24, 2.45) is 11.3 Å². The molecular weight excluding hydrogens is 290 g/mol. The highest BCUT2D eigenvalue weighted by Gasteiger charge is 2.51. The molecule has 4 rings (SSSR count). The molecule has 1 aromatic rings. The predicted octanol–water partition coefficient (Wildman–Crippen LogP) is 3.88. The number of halogens is 1. The van der Waals surface area contributed by atoms with E-state index in [9.17, 15) is 0 Å². The van der Waals surface area contributed by atoms with Crippen LogP contribution in [0.15, 0.2) is 12.1 Å². The Morgan fingerprint density at radius 1 is 1.30 bits per heavy atom. The van der Waals surface area contributed by atoms with Crippen LogP contribution in [0.1, 0.15) is 37.0 Å². The molecule has 2 heterocycles. The summed E-state index contributed by atoms with van der Waals surface area (Å²) >= 11 is 7.85. The molecule has 20 heavy (non-hydrogen) atoms. The first-order valence-corrected chi connectivity index (χ1v) is 9.04. The fourth-order valence-corrected chi connectivity index (χ4v) is 4.86. The van der Waals surface area contributed by atoms with Crippen LogP contribution < -0.4 is 5.32 Å². The van der Waals surface area contributed by atoms with Crippen molar-refractivity contribution < 1.29 is 4.74 Å². The van der Waals surface area contributed by atoms with Crippen LogP contribution in [0.5, 0.6) is 0 Å². The molecule has 0 aromatic carbocycles. The zero-order valence-corrected chi connectivity index (χ0v) is 13.3. The molecule has 1 N–H and O–H groups in total. The number of nitrogens with one attached hydrogen (secondary N) is 1. The van der Waals surface area contributed by atoms with E-state index in [0.717, 1.165) is 35.9 Å². The second-order valence-corrected chi connectivity index (χ2v) is 8.58. The molecule has 0 bridgehead atoms. The van der Waals surface area contributed by atoms with Crippen LogP contribution in [0.3, 0.4) is 0 Å². The minimum Gasteiger partial charge on any atom is -0.377 e. The SMILES string of the molecule is Clc1ccc(CC2(CNC3CC3)CCOC2C2CC2)s1. The number of ether oxygens (including phenoxy) is 1. The van der Waals surface area contributed by atoms with Crippen LogP contribution in [-0.4, -0.2) is 25.3 Å². The first-order chi connectivity index (χ1) is 9.75. The summed E-state index contributed by atoms with van der Waals surface area (Å²) < 4.78 is 7.07. The summed E-state index contributed by atoms with van der Waals surface area (Å²) in [6, 6.07) is 5.01. The molecule has 2 aliphatic carbocycles. The zero-order valence-electron chi connectivity index (χ0n) is 11.7. The lowest BCUT2D eigenvalue weighted by atomic mass is 9.75. The summed E-state index contributed by atoms with van der Waals surface area (Å²) in [6.45, 7) is 2.06. The molecule has 3 aliphatic rings. The average molecular weight is 312 g/mol. The van der Waals surface area contributed by atoms with Crippen LogP contribution in [-0.2, 0) is 11.2 Å². The lowest BCUT2D eigenvalue weighted by Crippen LogP contribution is -2.44. The molecule has 1 aliphatic heterocycles. The average Bonchev–Trinajstić information content (AvgIpc) is 3.35. The molecule has 2 atom stereocenters. The van der Waals surface area contributed by atoms with Gasteiger partial charge in [0.15, 0.2) is 0 Å². The lowest BCUT2D eigenvalue weighted by molar-refractivity contribution is 0.0308. The fraction of sp³-hybridized carbons (Fsp3) is 0.750. The van der Waals surface area contributed by atoms with Crippen LogP contribution in [0.4, 0.5) is 0 Å². The molecule has 110 valence electrons. The van der Waals surface area contributed by atoms with Crippen molar-refractivity contribution >= 4 is 22.9 Å². The summed E-state index contributed by atoms with van der Waals surface area (Å²) in [5, 5.41) is 3.77. The van der Waals surface area contributed by atoms with Crippen molar-refractivity contribution in [1.82, 2.24) is 5.32 Å². The van der Waals surface area contributed by atoms with E-state index in [4.69, 9.17) is 16.3 Å². The van der Waals surface area contributed by atoms with Gasteiger partial charge in [0.1, 0.15) is 0 Å². The highest BCUT2D eigenvalue weighted by Crippen LogP contribution is 2.50. The molecule has 1 aromatic heterocycles. The van der Waals surface area contributed by atoms with Gasteiger partial charge in [-0.3, -0.25) is 0 Å². The summed E-state index contributed by atoms with van der Waals surface area (Å²) in [4.78, 5) is 1.42. The second-order valence-electron chi connectivity index (χ2n) is 6.78. The lowest BCUT2D eigenvalue weighted by Gasteiger charge is -2.34. The number of hydrogen-bond donors (Lipinski definition) is 1. The molecule has 0 radical (unpaired) electrons. The van der Waals surface area contributed by atoms with Gasteiger partial charge >= 0.3 is 0 Å². The minimum atomic E-state index is 0.304. The Bertz CT molecular complexity index is 483. The van der Waals surface area contributed by atoms with Gasteiger partial charge in [-0.2, -0.15) is 0 Å². The van der Waals surface area contributed by atoms with Gasteiger partial charge in [0, 0.05) is 29.5 Å². The van der Waals surface area contributed by atoms with Gasteiger partial charge in [-0.15, -0.1) is 11.3 Å². The normalized spacial score (nSPS) is 33.8. The van der Waals surface area contributed by atoms with Gasteiger partial charge in [0.25, 0.3) is 0 Å². The Kier molecular flexibility index (Phi) is 3.58. The van der Waals surface area contributed by atoms with Crippen LogP contribution in [0, 0.1) is 11.3 Å². The Morgan fingerprint density at radius 2 is 2.15 bits per heavy atom. The van der Waals surface area contributed by atoms with E-state index >= 15 is 0 Å². The van der Waals surface area contributed by atoms with E-state index in [-0.39, 0.29) is 0 Å². The summed E-state index contributed by atoms with van der Waals surface area (Å²) in [5.41, 5.74) is 0.304. The molecule has 0 amide bonds. The smallest absolute Gasteiger partial charge is 0.0931 e. The van der Waals surface area contributed by atoms with Crippen LogP contribution in [0.25, 0.3) is 0 Å². The first-order valence-electron chi connectivity index (χ1n) is 7.84. The third-order valence-corrected chi connectivity index (χ3v) is 6.26. The van der Waals surface area contributed by atoms with Crippen molar-refractivity contribution in [3.8, 4) is 0 Å². The van der Waals surface area contributed by atoms with Crippen molar-refractivity contribution in [3.63, 3.8) is 0 Å². The third kappa shape index (κ3) is 2.78. The topological polar surface area (TPSA) is 21.3 Å². The van der Waals surface area contributed by atoms with Crippen molar-refractivity contribution in [1.29, 1.82) is 0 Å². The van der Waals surface area contributed by atoms with E-state index in [2.05, 4.69) is 11.4 Å². The van der Waals surface area contributed by atoms with Gasteiger partial charge < -0.3 is 10.1 Å². The molecular formula is C16H22ClNOS. The molecule has 2 unspecified atom stereocenters. The molecule has 2 nitrogen and oxygen atoms in total. The maximum atomic E-state index is 6.16. The van der Waals surface area contributed by atoms with Gasteiger partial charge in [-0.1, -0.05) is 11.6 Å². The van der Waals surface area contributed by atoms with E-state index in [1.165, 1.54) is 37.0 Å². The minimum absolute atomic E-state index is 0.304. The first kappa shape index (κ1) is 13.6.